The average molecular weight is 641 g/mol. The van der Waals surface area contributed by atoms with Gasteiger partial charge in [0.2, 0.25) is 0 Å². The van der Waals surface area contributed by atoms with Crippen molar-refractivity contribution in [1.82, 2.24) is 0 Å². The molecule has 6 heteroatoms. The van der Waals surface area contributed by atoms with Crippen LogP contribution in [-0.4, -0.2) is 8.42 Å². The first-order chi connectivity index (χ1) is 20.2. The Morgan fingerprint density at radius 2 is 0.619 bits per heavy atom. The van der Waals surface area contributed by atoms with Crippen LogP contribution in [-0.2, 0) is 43.3 Å². The molecule has 0 saturated heterocycles. The fourth-order valence-corrected chi connectivity index (χ4v) is 16.0. The van der Waals surface area contributed by atoms with E-state index in [9.17, 15) is 8.42 Å². The molecule has 3 aliphatic heterocycles. The fourth-order valence-electron chi connectivity index (χ4n) is 8.11. The van der Waals surface area contributed by atoms with Gasteiger partial charge in [-0.1, -0.05) is 55.4 Å². The Labute approximate surface area is 267 Å². The van der Waals surface area contributed by atoms with Crippen molar-refractivity contribution in [2.75, 3.05) is 0 Å². The molecule has 0 fully saturated rings. The van der Waals surface area contributed by atoms with E-state index in [1.54, 1.807) is 0 Å². The molecule has 0 atom stereocenters. The lowest BCUT2D eigenvalue weighted by Crippen LogP contribution is -2.33. The maximum atomic E-state index is 14.8. The number of allylic oxidation sites excluding steroid dienone is 8. The van der Waals surface area contributed by atoms with Crippen LogP contribution in [0, 0.1) is 0 Å². The van der Waals surface area contributed by atoms with E-state index in [2.05, 4.69) is 104 Å². The first-order valence-corrected chi connectivity index (χ1v) is 20.0. The third-order valence-corrected chi connectivity index (χ3v) is 18.1. The summed E-state index contributed by atoms with van der Waals surface area (Å²) in [5.74, 6) is 0. The van der Waals surface area contributed by atoms with Crippen molar-refractivity contribution in [3.8, 4) is 0 Å². The van der Waals surface area contributed by atoms with Gasteiger partial charge in [0.15, 0.2) is 0 Å². The summed E-state index contributed by atoms with van der Waals surface area (Å²) in [4.78, 5) is 9.43. The minimum atomic E-state index is -1.20. The molecule has 0 aliphatic carbocycles. The van der Waals surface area contributed by atoms with E-state index < -0.39 is 21.6 Å². The SMILES string of the molecule is CCC1(CC)C2=CC=C(S2=O)C(CC)(CC)c2ccc(s2)C(CC)(CC)C2=CC=C(S2=O)C(CC)(CC)c2ccc1s2. The predicted molar refractivity (Wildman–Crippen MR) is 186 cm³/mol. The zero-order valence-electron chi connectivity index (χ0n) is 26.7. The molecule has 0 spiro atoms. The highest BCUT2D eigenvalue weighted by molar-refractivity contribution is 7.93. The van der Waals surface area contributed by atoms with Gasteiger partial charge in [-0.25, -0.2) is 8.42 Å². The van der Waals surface area contributed by atoms with Gasteiger partial charge in [0, 0.05) is 60.8 Å². The van der Waals surface area contributed by atoms with Gasteiger partial charge in [-0.3, -0.25) is 0 Å². The summed E-state index contributed by atoms with van der Waals surface area (Å²) in [6, 6.07) is 9.20. The molecule has 0 amide bonds. The number of rotatable bonds is 8. The smallest absolute Gasteiger partial charge is 0.0786 e. The lowest BCUT2D eigenvalue weighted by molar-refractivity contribution is 0.486. The molecule has 0 aromatic carbocycles. The highest BCUT2D eigenvalue weighted by Crippen LogP contribution is 2.57. The van der Waals surface area contributed by atoms with Crippen LogP contribution in [0.1, 0.15) is 126 Å². The Kier molecular flexibility index (Phi) is 9.06. The molecule has 0 saturated carbocycles. The number of fused-ring (bicyclic) bond motifs is 8. The van der Waals surface area contributed by atoms with E-state index in [1.807, 2.05) is 22.7 Å². The van der Waals surface area contributed by atoms with Crippen LogP contribution in [0.25, 0.3) is 0 Å². The summed E-state index contributed by atoms with van der Waals surface area (Å²) in [6.07, 6.45) is 16.1. The highest BCUT2D eigenvalue weighted by Gasteiger charge is 2.50. The second-order valence-corrected chi connectivity index (χ2v) is 17.1. The third-order valence-electron chi connectivity index (χ3n) is 11.4. The van der Waals surface area contributed by atoms with E-state index in [1.165, 1.54) is 19.5 Å². The Bertz CT molecular complexity index is 1290. The van der Waals surface area contributed by atoms with Crippen LogP contribution in [0.3, 0.4) is 0 Å². The molecule has 0 N–H and O–H groups in total. The molecule has 2 aromatic rings. The summed E-state index contributed by atoms with van der Waals surface area (Å²) >= 11 is 3.75. The first kappa shape index (κ1) is 32.1. The molecule has 0 unspecified atom stereocenters. The minimum Gasteiger partial charge on any atom is -0.250 e. The molecular weight excluding hydrogens is 593 g/mol. The van der Waals surface area contributed by atoms with Gasteiger partial charge in [0.1, 0.15) is 0 Å². The molecule has 5 rings (SSSR count). The normalized spacial score (nSPS) is 22.5. The summed E-state index contributed by atoms with van der Waals surface area (Å²) in [7, 11) is -2.40. The maximum absolute atomic E-state index is 14.8. The topological polar surface area (TPSA) is 34.1 Å². The van der Waals surface area contributed by atoms with Gasteiger partial charge < -0.3 is 0 Å². The minimum absolute atomic E-state index is 0.281. The maximum Gasteiger partial charge on any atom is 0.0786 e. The van der Waals surface area contributed by atoms with Crippen LogP contribution in [0.15, 0.2) is 68.2 Å². The van der Waals surface area contributed by atoms with Gasteiger partial charge in [-0.15, -0.1) is 22.7 Å². The Balaban J connectivity index is 1.82. The number of hydrogen-bond acceptors (Lipinski definition) is 4. The number of hydrogen-bond donors (Lipinski definition) is 0. The average Bonchev–Trinajstić information content (AvgIpc) is 3.84. The second-order valence-electron chi connectivity index (χ2n) is 12.1. The largest absolute Gasteiger partial charge is 0.250 e. The van der Waals surface area contributed by atoms with E-state index >= 15 is 0 Å². The predicted octanol–water partition coefficient (Wildman–Crippen LogP) is 10.8. The van der Waals surface area contributed by atoms with Crippen LogP contribution >= 0.6 is 22.7 Å². The van der Waals surface area contributed by atoms with E-state index in [0.717, 1.165) is 71.0 Å². The molecule has 2 aromatic heterocycles. The third kappa shape index (κ3) is 4.17. The molecule has 2 nitrogen and oxygen atoms in total. The summed E-state index contributed by atoms with van der Waals surface area (Å²) in [5, 5.41) is 0. The molecule has 42 heavy (non-hydrogen) atoms. The van der Waals surface area contributed by atoms with Gasteiger partial charge in [-0.2, -0.15) is 0 Å². The van der Waals surface area contributed by atoms with Crippen molar-refractivity contribution < 1.29 is 8.42 Å². The van der Waals surface area contributed by atoms with Gasteiger partial charge in [0.25, 0.3) is 0 Å². The Hall–Kier alpha value is -1.34. The lowest BCUT2D eigenvalue weighted by Gasteiger charge is -2.38. The molecule has 228 valence electrons. The molecule has 5 heterocycles. The zero-order chi connectivity index (χ0) is 30.5. The number of thiophene rings is 2. The van der Waals surface area contributed by atoms with Crippen molar-refractivity contribution in [2.45, 2.75) is 128 Å². The van der Waals surface area contributed by atoms with Crippen LogP contribution in [0.2, 0.25) is 0 Å². The highest BCUT2D eigenvalue weighted by atomic mass is 32.2. The summed E-state index contributed by atoms with van der Waals surface area (Å²) < 4.78 is 29.5. The van der Waals surface area contributed by atoms with Crippen molar-refractivity contribution >= 4 is 44.3 Å². The van der Waals surface area contributed by atoms with Crippen molar-refractivity contribution in [3.63, 3.8) is 0 Å². The Morgan fingerprint density at radius 3 is 0.786 bits per heavy atom. The monoisotopic (exact) mass is 640 g/mol. The molecule has 0 radical (unpaired) electrons. The van der Waals surface area contributed by atoms with E-state index in [4.69, 9.17) is 0 Å². The van der Waals surface area contributed by atoms with Crippen LogP contribution in [0.5, 0.6) is 0 Å². The van der Waals surface area contributed by atoms with Crippen LogP contribution < -0.4 is 0 Å². The van der Waals surface area contributed by atoms with Gasteiger partial charge in [-0.05, 0) is 99.9 Å². The quantitative estimate of drug-likeness (QED) is 0.288. The van der Waals surface area contributed by atoms with Crippen molar-refractivity contribution in [3.05, 3.63) is 87.7 Å². The van der Waals surface area contributed by atoms with Crippen LogP contribution in [0.4, 0.5) is 0 Å². The second kappa shape index (κ2) is 11.9. The standard InChI is InChI=1S/C36H48O2S4/c1-9-33(10-2)25-17-18-26(39-25)34(11-3,12-4)31-23-24-32(42(31)38)36(15-7,16-8)28-20-19-27(40-28)35(13-5,14-6)30-22-21-29(33)41(30)37/h17-24H,9-16H2,1-8H3. The molecule has 3 aliphatic rings. The van der Waals surface area contributed by atoms with Crippen molar-refractivity contribution in [1.29, 1.82) is 0 Å². The van der Waals surface area contributed by atoms with E-state index in [-0.39, 0.29) is 21.7 Å². The summed E-state index contributed by atoms with van der Waals surface area (Å²) in [6.45, 7) is 18.0. The molecular formula is C36H48O2S4. The lowest BCUT2D eigenvalue weighted by atomic mass is 9.78. The summed E-state index contributed by atoms with van der Waals surface area (Å²) in [5.41, 5.74) is -1.13. The fraction of sp³-hybridized carbons (Fsp3) is 0.556. The van der Waals surface area contributed by atoms with E-state index in [0.29, 0.717) is 0 Å². The van der Waals surface area contributed by atoms with Gasteiger partial charge >= 0.3 is 0 Å². The Morgan fingerprint density at radius 1 is 0.429 bits per heavy atom. The van der Waals surface area contributed by atoms with Crippen molar-refractivity contribution in [2.24, 2.45) is 0 Å². The van der Waals surface area contributed by atoms with Gasteiger partial charge in [0.05, 0.1) is 21.6 Å². The molecule has 8 bridgehead atoms. The first-order valence-electron chi connectivity index (χ1n) is 16.1. The zero-order valence-corrected chi connectivity index (χ0v) is 30.0.